The maximum absolute atomic E-state index is 13.0. The molecule has 0 radical (unpaired) electrons. The fraction of sp³-hybridized carbons (Fsp3) is 0.238. The number of methoxy groups -OCH3 is 2. The highest BCUT2D eigenvalue weighted by Gasteiger charge is 2.24. The average molecular weight is 365 g/mol. The van der Waals surface area contributed by atoms with Gasteiger partial charge in [-0.25, -0.2) is 4.98 Å². The van der Waals surface area contributed by atoms with Crippen LogP contribution in [0, 0.1) is 6.92 Å². The van der Waals surface area contributed by atoms with Crippen LogP contribution in [-0.2, 0) is 7.05 Å². The third-order valence-corrected chi connectivity index (χ3v) is 4.51. The van der Waals surface area contributed by atoms with Crippen molar-refractivity contribution in [3.63, 3.8) is 0 Å². The molecule has 0 bridgehead atoms. The fourth-order valence-corrected chi connectivity index (χ4v) is 3.02. The molecular weight excluding hydrogens is 342 g/mol. The lowest BCUT2D eigenvalue weighted by atomic mass is 10.0. The molecule has 0 saturated heterocycles. The van der Waals surface area contributed by atoms with Crippen LogP contribution in [-0.4, -0.2) is 29.7 Å². The number of carbonyl (C=O) groups excluding carboxylic acids is 1. The molecule has 0 aliphatic carbocycles. The van der Waals surface area contributed by atoms with Gasteiger partial charge in [-0.1, -0.05) is 24.3 Å². The highest BCUT2D eigenvalue weighted by atomic mass is 16.5. The number of imidazole rings is 1. The summed E-state index contributed by atoms with van der Waals surface area (Å²) >= 11 is 0. The number of benzene rings is 2. The van der Waals surface area contributed by atoms with Crippen LogP contribution in [0.2, 0.25) is 0 Å². The normalized spacial score (nSPS) is 11.7. The first kappa shape index (κ1) is 18.5. The Bertz CT molecular complexity index is 949. The summed E-state index contributed by atoms with van der Waals surface area (Å²) in [5.74, 6) is 1.86. The van der Waals surface area contributed by atoms with Crippen molar-refractivity contribution in [2.45, 2.75) is 13.0 Å². The molecule has 0 aliphatic rings. The minimum atomic E-state index is -0.457. The third-order valence-electron chi connectivity index (χ3n) is 4.51. The summed E-state index contributed by atoms with van der Waals surface area (Å²) in [4.78, 5) is 17.4. The second-order valence-electron chi connectivity index (χ2n) is 6.23. The van der Waals surface area contributed by atoms with Crippen molar-refractivity contribution < 1.29 is 14.3 Å². The number of amides is 1. The SMILES string of the molecule is COc1cc(C(=O)NC(c2ccccc2OC)c2nccn2C)ccc1C. The number of nitrogens with one attached hydrogen (secondary N) is 1. The van der Waals surface area contributed by atoms with Gasteiger partial charge in [-0.05, 0) is 30.7 Å². The maximum Gasteiger partial charge on any atom is 0.252 e. The topological polar surface area (TPSA) is 65.4 Å². The highest BCUT2D eigenvalue weighted by Crippen LogP contribution is 2.29. The molecule has 2 aromatic carbocycles. The van der Waals surface area contributed by atoms with E-state index in [4.69, 9.17) is 9.47 Å². The summed E-state index contributed by atoms with van der Waals surface area (Å²) in [7, 11) is 5.10. The van der Waals surface area contributed by atoms with Crippen molar-refractivity contribution in [1.82, 2.24) is 14.9 Å². The molecule has 1 unspecified atom stereocenters. The first-order valence-corrected chi connectivity index (χ1v) is 8.60. The second-order valence-corrected chi connectivity index (χ2v) is 6.23. The molecule has 27 heavy (non-hydrogen) atoms. The predicted molar refractivity (Wildman–Crippen MR) is 103 cm³/mol. The molecule has 3 rings (SSSR count). The highest BCUT2D eigenvalue weighted by molar-refractivity contribution is 5.95. The average Bonchev–Trinajstić information content (AvgIpc) is 3.12. The number of carbonyl (C=O) groups is 1. The smallest absolute Gasteiger partial charge is 0.252 e. The molecule has 1 heterocycles. The van der Waals surface area contributed by atoms with E-state index in [0.29, 0.717) is 22.9 Å². The molecule has 1 amide bonds. The Morgan fingerprint density at radius 2 is 1.85 bits per heavy atom. The minimum absolute atomic E-state index is 0.216. The van der Waals surface area contributed by atoms with Crippen LogP contribution in [0.25, 0.3) is 0 Å². The van der Waals surface area contributed by atoms with Crippen LogP contribution >= 0.6 is 0 Å². The molecule has 1 atom stereocenters. The van der Waals surface area contributed by atoms with Gasteiger partial charge in [0.25, 0.3) is 5.91 Å². The number of nitrogens with zero attached hydrogens (tertiary/aromatic N) is 2. The van der Waals surface area contributed by atoms with Crippen molar-refractivity contribution >= 4 is 5.91 Å². The van der Waals surface area contributed by atoms with Gasteiger partial charge in [-0.15, -0.1) is 0 Å². The summed E-state index contributed by atoms with van der Waals surface area (Å²) in [6.45, 7) is 1.94. The number of para-hydroxylation sites is 1. The van der Waals surface area contributed by atoms with E-state index in [9.17, 15) is 4.79 Å². The summed E-state index contributed by atoms with van der Waals surface area (Å²) in [6, 6.07) is 12.5. The largest absolute Gasteiger partial charge is 0.496 e. The molecule has 0 saturated carbocycles. The van der Waals surface area contributed by atoms with Crippen molar-refractivity contribution in [3.8, 4) is 11.5 Å². The molecular formula is C21H23N3O3. The fourth-order valence-electron chi connectivity index (χ4n) is 3.02. The first-order chi connectivity index (χ1) is 13.0. The zero-order valence-corrected chi connectivity index (χ0v) is 15.9. The Morgan fingerprint density at radius 1 is 1.11 bits per heavy atom. The predicted octanol–water partition coefficient (Wildman–Crippen LogP) is 3.27. The number of aryl methyl sites for hydroxylation is 2. The molecule has 140 valence electrons. The van der Waals surface area contributed by atoms with Crippen LogP contribution in [0.4, 0.5) is 0 Å². The Hall–Kier alpha value is -3.28. The third kappa shape index (κ3) is 3.79. The maximum atomic E-state index is 13.0. The Balaban J connectivity index is 1.99. The van der Waals surface area contributed by atoms with Crippen LogP contribution in [0.15, 0.2) is 54.9 Å². The van der Waals surface area contributed by atoms with Gasteiger partial charge in [0.15, 0.2) is 0 Å². The number of ether oxygens (including phenoxy) is 2. The van der Waals surface area contributed by atoms with Crippen LogP contribution in [0.1, 0.15) is 33.4 Å². The quantitative estimate of drug-likeness (QED) is 0.728. The van der Waals surface area contributed by atoms with Gasteiger partial charge in [-0.3, -0.25) is 4.79 Å². The second kappa shape index (κ2) is 7.95. The molecule has 0 fully saturated rings. The first-order valence-electron chi connectivity index (χ1n) is 8.60. The summed E-state index contributed by atoms with van der Waals surface area (Å²) in [6.07, 6.45) is 3.55. The van der Waals surface area contributed by atoms with Crippen LogP contribution in [0.3, 0.4) is 0 Å². The van der Waals surface area contributed by atoms with E-state index in [0.717, 1.165) is 11.1 Å². The van der Waals surface area contributed by atoms with E-state index in [2.05, 4.69) is 10.3 Å². The lowest BCUT2D eigenvalue weighted by molar-refractivity contribution is 0.0940. The molecule has 0 aliphatic heterocycles. The lowest BCUT2D eigenvalue weighted by Gasteiger charge is -2.21. The van der Waals surface area contributed by atoms with E-state index in [-0.39, 0.29) is 5.91 Å². The number of aromatic nitrogens is 2. The molecule has 6 heteroatoms. The lowest BCUT2D eigenvalue weighted by Crippen LogP contribution is -2.31. The van der Waals surface area contributed by atoms with Crippen molar-refractivity contribution in [3.05, 3.63) is 77.4 Å². The van der Waals surface area contributed by atoms with Gasteiger partial charge in [0.2, 0.25) is 0 Å². The summed E-state index contributed by atoms with van der Waals surface area (Å²) in [5, 5.41) is 3.08. The monoisotopic (exact) mass is 365 g/mol. The van der Waals surface area contributed by atoms with Crippen molar-refractivity contribution in [1.29, 1.82) is 0 Å². The van der Waals surface area contributed by atoms with Gasteiger partial charge in [0.05, 0.1) is 14.2 Å². The molecule has 1 N–H and O–H groups in total. The van der Waals surface area contributed by atoms with E-state index in [1.165, 1.54) is 0 Å². The molecule has 3 aromatic rings. The zero-order valence-electron chi connectivity index (χ0n) is 15.9. The summed E-state index contributed by atoms with van der Waals surface area (Å²) in [5.41, 5.74) is 2.33. The van der Waals surface area contributed by atoms with Gasteiger partial charge < -0.3 is 19.4 Å². The van der Waals surface area contributed by atoms with Crippen LogP contribution < -0.4 is 14.8 Å². The van der Waals surface area contributed by atoms with Crippen molar-refractivity contribution in [2.24, 2.45) is 7.05 Å². The standard InChI is InChI=1S/C21H23N3O3/c1-14-9-10-15(13-18(14)27-4)21(25)23-19(20-22-11-12-24(20)2)16-7-5-6-8-17(16)26-3/h5-13,19H,1-4H3,(H,23,25). The Kier molecular flexibility index (Phi) is 5.45. The van der Waals surface area contributed by atoms with E-state index in [1.54, 1.807) is 32.5 Å². The summed E-state index contributed by atoms with van der Waals surface area (Å²) < 4.78 is 12.7. The Labute approximate surface area is 158 Å². The van der Waals surface area contributed by atoms with Gasteiger partial charge in [-0.2, -0.15) is 0 Å². The zero-order chi connectivity index (χ0) is 19.4. The molecule has 6 nitrogen and oxygen atoms in total. The van der Waals surface area contributed by atoms with E-state index < -0.39 is 6.04 Å². The number of rotatable bonds is 6. The Morgan fingerprint density at radius 3 is 2.52 bits per heavy atom. The van der Waals surface area contributed by atoms with Gasteiger partial charge >= 0.3 is 0 Å². The molecule has 0 spiro atoms. The van der Waals surface area contributed by atoms with Crippen LogP contribution in [0.5, 0.6) is 11.5 Å². The number of hydrogen-bond donors (Lipinski definition) is 1. The van der Waals surface area contributed by atoms with E-state index in [1.807, 2.05) is 55.1 Å². The van der Waals surface area contributed by atoms with Gasteiger partial charge in [0, 0.05) is 30.6 Å². The van der Waals surface area contributed by atoms with E-state index >= 15 is 0 Å². The minimum Gasteiger partial charge on any atom is -0.496 e. The molecule has 1 aromatic heterocycles. The van der Waals surface area contributed by atoms with Crippen molar-refractivity contribution in [2.75, 3.05) is 14.2 Å². The van der Waals surface area contributed by atoms with Gasteiger partial charge in [0.1, 0.15) is 23.4 Å². The number of hydrogen-bond acceptors (Lipinski definition) is 4.